The number of carbonyl (C=O) groups is 3. The van der Waals surface area contributed by atoms with Gasteiger partial charge in [0.2, 0.25) is 6.29 Å². The summed E-state index contributed by atoms with van der Waals surface area (Å²) in [6, 6.07) is 17.2. The monoisotopic (exact) mass is 532 g/mol. The Kier molecular flexibility index (Phi) is 10.4. The third kappa shape index (κ3) is 8.87. The molecule has 0 saturated carbocycles. The molecule has 0 bridgehead atoms. The predicted octanol–water partition coefficient (Wildman–Crippen LogP) is 4.81. The maximum absolute atomic E-state index is 12.6. The Morgan fingerprint density at radius 3 is 2.00 bits per heavy atom. The fourth-order valence-electron chi connectivity index (χ4n) is 3.15. The third-order valence-corrected chi connectivity index (χ3v) is 5.17. The van der Waals surface area contributed by atoms with Crippen LogP contribution < -0.4 is 18.9 Å². The molecule has 3 rings (SSSR count). The molecule has 0 amide bonds. The Hall–Kier alpha value is -4.89. The van der Waals surface area contributed by atoms with Gasteiger partial charge in [0.15, 0.2) is 0 Å². The van der Waals surface area contributed by atoms with Crippen molar-refractivity contribution in [2.75, 3.05) is 13.2 Å². The summed E-state index contributed by atoms with van der Waals surface area (Å²) >= 11 is 0. The molecule has 0 aliphatic carbocycles. The molecule has 1 N–H and O–H groups in total. The molecule has 202 valence electrons. The number of hydrogen-bond acceptors (Lipinski definition) is 9. The van der Waals surface area contributed by atoms with Gasteiger partial charge in [-0.25, -0.2) is 14.4 Å². The van der Waals surface area contributed by atoms with Gasteiger partial charge in [-0.05, 0) is 85.3 Å². The molecule has 3 aromatic carbocycles. The topological polar surface area (TPSA) is 118 Å². The van der Waals surface area contributed by atoms with E-state index in [1.807, 2.05) is 0 Å². The molecule has 0 aromatic heterocycles. The lowest BCUT2D eigenvalue weighted by atomic mass is 10.2. The van der Waals surface area contributed by atoms with Crippen molar-refractivity contribution in [2.24, 2.45) is 0 Å². The molecule has 39 heavy (non-hydrogen) atoms. The van der Waals surface area contributed by atoms with E-state index in [-0.39, 0.29) is 17.9 Å². The van der Waals surface area contributed by atoms with E-state index in [0.29, 0.717) is 41.4 Å². The highest BCUT2D eigenvalue weighted by atomic mass is 16.6. The van der Waals surface area contributed by atoms with Gasteiger partial charge in [-0.3, -0.25) is 0 Å². The standard InChI is InChI=1S/C30H28O9/c1-4-27(31)36-18-6-17-35-23-11-7-21(8-12-23)29(33)38-25-15-16-26(20(3)19-25)39-30(34)22-9-13-24(14-10-22)37-28(32)5-2/h4-5,7-16,19,28,32H,1-2,6,17-18H2,3H3. The van der Waals surface area contributed by atoms with Gasteiger partial charge in [0.05, 0.1) is 24.3 Å². The molecule has 1 atom stereocenters. The van der Waals surface area contributed by atoms with Crippen LogP contribution in [0.3, 0.4) is 0 Å². The Morgan fingerprint density at radius 2 is 1.41 bits per heavy atom. The second-order valence-corrected chi connectivity index (χ2v) is 8.07. The SMILES string of the molecule is C=CC(=O)OCCCOc1ccc(C(=O)Oc2ccc(OC(=O)c3ccc(OC(O)C=C)cc3)c(C)c2)cc1. The van der Waals surface area contributed by atoms with E-state index in [0.717, 1.165) is 6.08 Å². The van der Waals surface area contributed by atoms with Crippen LogP contribution in [0.25, 0.3) is 0 Å². The summed E-state index contributed by atoms with van der Waals surface area (Å²) in [5.41, 5.74) is 1.20. The average molecular weight is 533 g/mol. The van der Waals surface area contributed by atoms with Crippen molar-refractivity contribution >= 4 is 17.9 Å². The van der Waals surface area contributed by atoms with Crippen LogP contribution in [-0.2, 0) is 9.53 Å². The Balaban J connectivity index is 1.51. The van der Waals surface area contributed by atoms with E-state index in [1.165, 1.54) is 42.5 Å². The molecular formula is C30H28O9. The molecule has 9 heteroatoms. The number of aryl methyl sites for hydroxylation is 1. The van der Waals surface area contributed by atoms with Crippen molar-refractivity contribution in [3.8, 4) is 23.0 Å². The minimum Gasteiger partial charge on any atom is -0.493 e. The van der Waals surface area contributed by atoms with E-state index >= 15 is 0 Å². The van der Waals surface area contributed by atoms with E-state index in [4.69, 9.17) is 23.7 Å². The number of ether oxygens (including phenoxy) is 5. The summed E-state index contributed by atoms with van der Waals surface area (Å²) in [5.74, 6) is -0.114. The summed E-state index contributed by atoms with van der Waals surface area (Å²) in [4.78, 5) is 36.1. The molecule has 3 aromatic rings. The smallest absolute Gasteiger partial charge is 0.343 e. The number of benzene rings is 3. The van der Waals surface area contributed by atoms with E-state index in [9.17, 15) is 19.5 Å². The lowest BCUT2D eigenvalue weighted by Gasteiger charge is -2.11. The summed E-state index contributed by atoms with van der Waals surface area (Å²) < 4.78 is 26.5. The summed E-state index contributed by atoms with van der Waals surface area (Å²) in [6.07, 6.45) is 1.69. The van der Waals surface area contributed by atoms with Crippen LogP contribution in [0.15, 0.2) is 92.0 Å². The van der Waals surface area contributed by atoms with Crippen LogP contribution in [0.2, 0.25) is 0 Å². The molecule has 0 aliphatic heterocycles. The van der Waals surface area contributed by atoms with Gasteiger partial charge in [0.1, 0.15) is 23.0 Å². The van der Waals surface area contributed by atoms with Gasteiger partial charge in [-0.1, -0.05) is 13.2 Å². The van der Waals surface area contributed by atoms with Crippen LogP contribution in [0.4, 0.5) is 0 Å². The van der Waals surface area contributed by atoms with E-state index < -0.39 is 24.2 Å². The number of aliphatic hydroxyl groups is 1. The molecule has 1 unspecified atom stereocenters. The van der Waals surface area contributed by atoms with Gasteiger partial charge >= 0.3 is 17.9 Å². The van der Waals surface area contributed by atoms with E-state index in [2.05, 4.69) is 13.2 Å². The highest BCUT2D eigenvalue weighted by Gasteiger charge is 2.14. The second kappa shape index (κ2) is 14.2. The average Bonchev–Trinajstić information content (AvgIpc) is 2.94. The van der Waals surface area contributed by atoms with E-state index in [1.54, 1.807) is 37.3 Å². The molecule has 0 radical (unpaired) electrons. The largest absolute Gasteiger partial charge is 0.493 e. The highest BCUT2D eigenvalue weighted by Crippen LogP contribution is 2.26. The maximum atomic E-state index is 12.6. The van der Waals surface area contributed by atoms with Crippen LogP contribution >= 0.6 is 0 Å². The molecule has 0 aliphatic rings. The second-order valence-electron chi connectivity index (χ2n) is 8.07. The zero-order chi connectivity index (χ0) is 28.2. The maximum Gasteiger partial charge on any atom is 0.343 e. The molecule has 0 spiro atoms. The van der Waals surface area contributed by atoms with Gasteiger partial charge in [0.25, 0.3) is 0 Å². The van der Waals surface area contributed by atoms with Crippen LogP contribution in [0.5, 0.6) is 23.0 Å². The number of aliphatic hydroxyl groups excluding tert-OH is 1. The normalized spacial score (nSPS) is 11.0. The van der Waals surface area contributed by atoms with Gasteiger partial charge in [-0.2, -0.15) is 0 Å². The molecule has 9 nitrogen and oxygen atoms in total. The zero-order valence-corrected chi connectivity index (χ0v) is 21.3. The first-order valence-corrected chi connectivity index (χ1v) is 11.9. The third-order valence-electron chi connectivity index (χ3n) is 5.17. The number of esters is 3. The fourth-order valence-corrected chi connectivity index (χ4v) is 3.15. The Morgan fingerprint density at radius 1 is 0.821 bits per heavy atom. The summed E-state index contributed by atoms with van der Waals surface area (Å²) in [5, 5.41) is 9.45. The predicted molar refractivity (Wildman–Crippen MR) is 142 cm³/mol. The molecule has 0 saturated heterocycles. The quantitative estimate of drug-likeness (QED) is 0.0826. The molecule has 0 heterocycles. The summed E-state index contributed by atoms with van der Waals surface area (Å²) in [6.45, 7) is 9.02. The van der Waals surface area contributed by atoms with Crippen molar-refractivity contribution in [3.05, 3.63) is 109 Å². The lowest BCUT2D eigenvalue weighted by Crippen LogP contribution is -2.12. The number of rotatable bonds is 13. The van der Waals surface area contributed by atoms with Crippen LogP contribution in [0.1, 0.15) is 32.7 Å². The Bertz CT molecular complexity index is 1310. The van der Waals surface area contributed by atoms with Crippen LogP contribution in [-0.4, -0.2) is 42.5 Å². The first-order valence-electron chi connectivity index (χ1n) is 11.9. The minimum absolute atomic E-state index is 0.220. The van der Waals surface area contributed by atoms with Crippen molar-refractivity contribution in [2.45, 2.75) is 19.6 Å². The molecule has 0 fully saturated rings. The fraction of sp³-hybridized carbons (Fsp3) is 0.167. The first kappa shape index (κ1) is 28.7. The van der Waals surface area contributed by atoms with Gasteiger partial charge in [-0.15, -0.1) is 0 Å². The lowest BCUT2D eigenvalue weighted by molar-refractivity contribution is -0.137. The van der Waals surface area contributed by atoms with Crippen molar-refractivity contribution in [1.82, 2.24) is 0 Å². The highest BCUT2D eigenvalue weighted by molar-refractivity contribution is 5.92. The van der Waals surface area contributed by atoms with Gasteiger partial charge in [0, 0.05) is 12.5 Å². The number of carbonyl (C=O) groups excluding carboxylic acids is 3. The Labute approximate surface area is 225 Å². The van der Waals surface area contributed by atoms with Crippen molar-refractivity contribution < 1.29 is 43.2 Å². The van der Waals surface area contributed by atoms with Crippen molar-refractivity contribution in [3.63, 3.8) is 0 Å². The number of hydrogen-bond donors (Lipinski definition) is 1. The summed E-state index contributed by atoms with van der Waals surface area (Å²) in [7, 11) is 0. The minimum atomic E-state index is -1.15. The van der Waals surface area contributed by atoms with Crippen LogP contribution in [0, 0.1) is 6.92 Å². The molecular weight excluding hydrogens is 504 g/mol. The van der Waals surface area contributed by atoms with Crippen molar-refractivity contribution in [1.29, 1.82) is 0 Å². The zero-order valence-electron chi connectivity index (χ0n) is 21.3. The van der Waals surface area contributed by atoms with Gasteiger partial charge < -0.3 is 28.8 Å². The first-order chi connectivity index (χ1) is 18.8.